The lowest BCUT2D eigenvalue weighted by Crippen LogP contribution is -2.01. The molecule has 0 saturated carbocycles. The van der Waals surface area contributed by atoms with Crippen LogP contribution in [0.2, 0.25) is 0 Å². The highest BCUT2D eigenvalue weighted by molar-refractivity contribution is 5.61. The van der Waals surface area contributed by atoms with Gasteiger partial charge in [-0.15, -0.1) is 0 Å². The molecule has 0 atom stereocenters. The van der Waals surface area contributed by atoms with Crippen molar-refractivity contribution in [2.24, 2.45) is 0 Å². The summed E-state index contributed by atoms with van der Waals surface area (Å²) in [7, 11) is 1.67. The molecule has 0 aliphatic heterocycles. The van der Waals surface area contributed by atoms with Gasteiger partial charge in [0.05, 0.1) is 25.3 Å². The van der Waals surface area contributed by atoms with Gasteiger partial charge in [0.15, 0.2) is 0 Å². The lowest BCUT2D eigenvalue weighted by atomic mass is 10.1. The number of aromatic nitrogens is 3. The van der Waals surface area contributed by atoms with Crippen LogP contribution in [0, 0.1) is 0 Å². The fourth-order valence-corrected chi connectivity index (χ4v) is 2.26. The molecule has 0 aliphatic rings. The van der Waals surface area contributed by atoms with E-state index in [1.165, 1.54) is 0 Å². The molecular weight excluding hydrogens is 264 g/mol. The molecule has 5 nitrogen and oxygen atoms in total. The minimum Gasteiger partial charge on any atom is -0.497 e. The van der Waals surface area contributed by atoms with Gasteiger partial charge in [0.25, 0.3) is 0 Å². The molecule has 3 rings (SSSR count). The Kier molecular flexibility index (Phi) is 3.55. The average Bonchev–Trinajstić information content (AvgIpc) is 2.95. The van der Waals surface area contributed by atoms with Gasteiger partial charge in [-0.05, 0) is 29.8 Å². The van der Waals surface area contributed by atoms with Crippen LogP contribution in [0.5, 0.6) is 5.75 Å². The molecule has 0 spiro atoms. The normalized spacial score (nSPS) is 10.5. The maximum Gasteiger partial charge on any atom is 0.123 e. The van der Waals surface area contributed by atoms with E-state index in [1.807, 2.05) is 42.9 Å². The second-order valence-electron chi connectivity index (χ2n) is 4.73. The lowest BCUT2D eigenvalue weighted by Gasteiger charge is -2.09. The van der Waals surface area contributed by atoms with E-state index >= 15 is 0 Å². The van der Waals surface area contributed by atoms with E-state index in [-0.39, 0.29) is 0 Å². The number of hydrogen-bond donors (Lipinski definition) is 1. The molecule has 0 bridgehead atoms. The van der Waals surface area contributed by atoms with Gasteiger partial charge >= 0.3 is 0 Å². The number of hydrogen-bond acceptors (Lipinski definition) is 4. The molecule has 0 aliphatic carbocycles. The Hall–Kier alpha value is -2.82. The minimum absolute atomic E-state index is 0.502. The molecule has 0 fully saturated rings. The van der Waals surface area contributed by atoms with E-state index in [0.29, 0.717) is 5.82 Å². The third kappa shape index (κ3) is 2.86. The van der Waals surface area contributed by atoms with Gasteiger partial charge in [0, 0.05) is 18.3 Å². The van der Waals surface area contributed by atoms with E-state index in [0.717, 1.165) is 29.1 Å². The Labute approximate surface area is 123 Å². The molecule has 5 heteroatoms. The molecular formula is C16H16N4O. The smallest absolute Gasteiger partial charge is 0.123 e. The number of nitrogen functional groups attached to an aromatic ring is 1. The van der Waals surface area contributed by atoms with Crippen LogP contribution in [0.25, 0.3) is 11.3 Å². The van der Waals surface area contributed by atoms with Crippen LogP contribution >= 0.6 is 0 Å². The summed E-state index contributed by atoms with van der Waals surface area (Å²) in [6.07, 6.45) is 5.34. The Morgan fingerprint density at radius 2 is 2.14 bits per heavy atom. The molecule has 2 N–H and O–H groups in total. The first kappa shape index (κ1) is 13.2. The summed E-state index contributed by atoms with van der Waals surface area (Å²) in [5.41, 5.74) is 8.91. The van der Waals surface area contributed by atoms with Gasteiger partial charge in [-0.25, -0.2) is 9.97 Å². The van der Waals surface area contributed by atoms with Gasteiger partial charge in [-0.3, -0.25) is 0 Å². The second kappa shape index (κ2) is 5.66. The number of imidazole rings is 1. The van der Waals surface area contributed by atoms with E-state index in [1.54, 1.807) is 13.3 Å². The van der Waals surface area contributed by atoms with E-state index in [9.17, 15) is 0 Å². The Morgan fingerprint density at radius 1 is 1.24 bits per heavy atom. The molecule has 0 unspecified atom stereocenters. The summed E-state index contributed by atoms with van der Waals surface area (Å²) in [5.74, 6) is 1.35. The number of ether oxygens (including phenoxy) is 1. The first-order valence-electron chi connectivity index (χ1n) is 6.61. The molecule has 3 aromatic rings. The third-order valence-electron chi connectivity index (χ3n) is 3.28. The lowest BCUT2D eigenvalue weighted by molar-refractivity contribution is 0.414. The van der Waals surface area contributed by atoms with Gasteiger partial charge in [-0.1, -0.05) is 12.1 Å². The summed E-state index contributed by atoms with van der Waals surface area (Å²) in [5, 5.41) is 0. The van der Waals surface area contributed by atoms with E-state index in [4.69, 9.17) is 10.5 Å². The molecule has 2 aromatic heterocycles. The number of benzene rings is 1. The number of nitrogens with two attached hydrogens (primary N) is 1. The van der Waals surface area contributed by atoms with Gasteiger partial charge < -0.3 is 15.0 Å². The highest BCUT2D eigenvalue weighted by Gasteiger charge is 2.07. The molecule has 0 saturated heterocycles. The van der Waals surface area contributed by atoms with Crippen LogP contribution in [0.15, 0.2) is 55.1 Å². The van der Waals surface area contributed by atoms with Crippen LogP contribution in [-0.4, -0.2) is 21.6 Å². The Morgan fingerprint density at radius 3 is 2.95 bits per heavy atom. The largest absolute Gasteiger partial charge is 0.497 e. The van der Waals surface area contributed by atoms with Crippen LogP contribution in [0.3, 0.4) is 0 Å². The van der Waals surface area contributed by atoms with Crippen molar-refractivity contribution in [1.29, 1.82) is 0 Å². The van der Waals surface area contributed by atoms with Crippen LogP contribution in [-0.2, 0) is 6.54 Å². The van der Waals surface area contributed by atoms with Crippen molar-refractivity contribution in [3.05, 3.63) is 60.7 Å². The maximum atomic E-state index is 5.75. The van der Waals surface area contributed by atoms with Gasteiger partial charge in [-0.2, -0.15) is 0 Å². The molecule has 0 amide bonds. The Balaban J connectivity index is 1.92. The molecule has 0 radical (unpaired) electrons. The zero-order chi connectivity index (χ0) is 14.7. The van der Waals surface area contributed by atoms with Gasteiger partial charge in [0.1, 0.15) is 11.6 Å². The topological polar surface area (TPSA) is 66.0 Å². The van der Waals surface area contributed by atoms with E-state index in [2.05, 4.69) is 20.6 Å². The van der Waals surface area contributed by atoms with Crippen LogP contribution < -0.4 is 10.5 Å². The minimum atomic E-state index is 0.502. The average molecular weight is 280 g/mol. The summed E-state index contributed by atoms with van der Waals surface area (Å²) in [6.45, 7) is 0.717. The molecule has 1 aromatic carbocycles. The quantitative estimate of drug-likeness (QED) is 0.797. The predicted octanol–water partition coefficient (Wildman–Crippen LogP) is 2.58. The third-order valence-corrected chi connectivity index (χ3v) is 3.28. The number of anilines is 1. The van der Waals surface area contributed by atoms with Crippen molar-refractivity contribution in [3.63, 3.8) is 0 Å². The zero-order valence-corrected chi connectivity index (χ0v) is 11.7. The van der Waals surface area contributed by atoms with E-state index < -0.39 is 0 Å². The molecule has 106 valence electrons. The molecule has 21 heavy (non-hydrogen) atoms. The maximum absolute atomic E-state index is 5.75. The van der Waals surface area contributed by atoms with Crippen LogP contribution in [0.1, 0.15) is 5.56 Å². The highest BCUT2D eigenvalue weighted by Crippen LogP contribution is 2.22. The number of nitrogens with zero attached hydrogens (tertiary/aromatic N) is 3. The van der Waals surface area contributed by atoms with Crippen molar-refractivity contribution < 1.29 is 4.74 Å². The number of pyridine rings is 1. The predicted molar refractivity (Wildman–Crippen MR) is 82.0 cm³/mol. The SMILES string of the molecule is COc1cccc(Cn2cncc2-c2ccnc(N)c2)c1. The summed E-state index contributed by atoms with van der Waals surface area (Å²) in [4.78, 5) is 8.26. The molecule has 2 heterocycles. The monoisotopic (exact) mass is 280 g/mol. The van der Waals surface area contributed by atoms with Gasteiger partial charge in [0.2, 0.25) is 0 Å². The Bertz CT molecular complexity index is 751. The summed E-state index contributed by atoms with van der Waals surface area (Å²) >= 11 is 0. The standard InChI is InChI=1S/C16H16N4O/c1-21-14-4-2-3-12(7-14)10-20-11-18-9-15(20)13-5-6-19-16(17)8-13/h2-9,11H,10H2,1H3,(H2,17,19). The first-order chi connectivity index (χ1) is 10.3. The highest BCUT2D eigenvalue weighted by atomic mass is 16.5. The van der Waals surface area contributed by atoms with Crippen molar-refractivity contribution >= 4 is 5.82 Å². The fraction of sp³-hybridized carbons (Fsp3) is 0.125. The fourth-order valence-electron chi connectivity index (χ4n) is 2.26. The van der Waals surface area contributed by atoms with Crippen molar-refractivity contribution in [1.82, 2.24) is 14.5 Å². The van der Waals surface area contributed by atoms with Crippen molar-refractivity contribution in [2.45, 2.75) is 6.54 Å². The summed E-state index contributed by atoms with van der Waals surface area (Å²) < 4.78 is 7.33. The van der Waals surface area contributed by atoms with Crippen LogP contribution in [0.4, 0.5) is 5.82 Å². The first-order valence-corrected chi connectivity index (χ1v) is 6.61. The van der Waals surface area contributed by atoms with Crippen molar-refractivity contribution in [2.75, 3.05) is 12.8 Å². The number of rotatable bonds is 4. The zero-order valence-electron chi connectivity index (χ0n) is 11.7. The number of methoxy groups -OCH3 is 1. The summed E-state index contributed by atoms with van der Waals surface area (Å²) in [6, 6.07) is 11.8. The second-order valence-corrected chi connectivity index (χ2v) is 4.73. The van der Waals surface area contributed by atoms with Crippen molar-refractivity contribution in [3.8, 4) is 17.0 Å².